The largest absolute Gasteiger partial charge is 0.489 e. The van der Waals surface area contributed by atoms with Gasteiger partial charge in [0, 0.05) is 21.3 Å². The molecule has 0 saturated heterocycles. The lowest BCUT2D eigenvalue weighted by Gasteiger charge is -2.08. The minimum atomic E-state index is -0.400. The normalized spacial score (nSPS) is 10.4. The van der Waals surface area contributed by atoms with Crippen LogP contribution in [0.15, 0.2) is 36.4 Å². The summed E-state index contributed by atoms with van der Waals surface area (Å²) in [4.78, 5) is 0. The van der Waals surface area contributed by atoms with Gasteiger partial charge in [-0.15, -0.1) is 0 Å². The first-order valence-corrected chi connectivity index (χ1v) is 5.93. The third kappa shape index (κ3) is 3.28. The standard InChI is InChI=1S/C13H10Cl2FNO/c14-9-3-10(15)5-12(4-9)18-7-8-1-2-11(17)6-13(8)16/h1-6H,7,17H2. The molecule has 2 N–H and O–H groups in total. The second kappa shape index (κ2) is 5.46. The van der Waals surface area contributed by atoms with Crippen LogP contribution in [0.3, 0.4) is 0 Å². The van der Waals surface area contributed by atoms with Gasteiger partial charge in [-0.3, -0.25) is 0 Å². The number of hydrogen-bond acceptors (Lipinski definition) is 2. The molecule has 2 rings (SSSR count). The topological polar surface area (TPSA) is 35.2 Å². The van der Waals surface area contributed by atoms with Gasteiger partial charge in [0.25, 0.3) is 0 Å². The van der Waals surface area contributed by atoms with Gasteiger partial charge in [-0.05, 0) is 30.3 Å². The van der Waals surface area contributed by atoms with E-state index in [9.17, 15) is 4.39 Å². The number of halogens is 3. The lowest BCUT2D eigenvalue weighted by molar-refractivity contribution is 0.300. The van der Waals surface area contributed by atoms with Crippen molar-refractivity contribution < 1.29 is 9.13 Å². The van der Waals surface area contributed by atoms with Crippen molar-refractivity contribution in [1.82, 2.24) is 0 Å². The monoisotopic (exact) mass is 285 g/mol. The molecule has 5 heteroatoms. The summed E-state index contributed by atoms with van der Waals surface area (Å²) in [5.41, 5.74) is 6.25. The van der Waals surface area contributed by atoms with Crippen molar-refractivity contribution in [2.24, 2.45) is 0 Å². The van der Waals surface area contributed by atoms with Crippen molar-refractivity contribution in [1.29, 1.82) is 0 Å². The van der Waals surface area contributed by atoms with Crippen molar-refractivity contribution in [2.45, 2.75) is 6.61 Å². The Morgan fingerprint density at radius 1 is 1.06 bits per heavy atom. The second-order valence-electron chi connectivity index (χ2n) is 3.74. The van der Waals surface area contributed by atoms with E-state index >= 15 is 0 Å². The lowest BCUT2D eigenvalue weighted by atomic mass is 10.2. The number of benzene rings is 2. The minimum Gasteiger partial charge on any atom is -0.489 e. The summed E-state index contributed by atoms with van der Waals surface area (Å²) in [6, 6.07) is 9.28. The molecule has 0 fully saturated rings. The zero-order valence-corrected chi connectivity index (χ0v) is 10.8. The zero-order valence-electron chi connectivity index (χ0n) is 9.29. The van der Waals surface area contributed by atoms with Gasteiger partial charge in [-0.25, -0.2) is 4.39 Å². The predicted molar refractivity (Wildman–Crippen MR) is 71.6 cm³/mol. The van der Waals surface area contributed by atoms with E-state index in [0.29, 0.717) is 27.0 Å². The van der Waals surface area contributed by atoms with E-state index < -0.39 is 5.82 Å². The van der Waals surface area contributed by atoms with E-state index in [2.05, 4.69) is 0 Å². The first kappa shape index (κ1) is 13.0. The van der Waals surface area contributed by atoms with Crippen LogP contribution < -0.4 is 10.5 Å². The average molecular weight is 286 g/mol. The van der Waals surface area contributed by atoms with Gasteiger partial charge in [0.05, 0.1) is 0 Å². The smallest absolute Gasteiger partial charge is 0.131 e. The SMILES string of the molecule is Nc1ccc(COc2cc(Cl)cc(Cl)c2)c(F)c1. The number of nitrogen functional groups attached to an aromatic ring is 1. The van der Waals surface area contributed by atoms with Crippen molar-refractivity contribution in [3.8, 4) is 5.75 Å². The van der Waals surface area contributed by atoms with Crippen LogP contribution in [0.5, 0.6) is 5.75 Å². The van der Waals surface area contributed by atoms with Gasteiger partial charge in [0.15, 0.2) is 0 Å². The van der Waals surface area contributed by atoms with E-state index in [1.165, 1.54) is 6.07 Å². The highest BCUT2D eigenvalue weighted by Gasteiger charge is 2.05. The van der Waals surface area contributed by atoms with Crippen LogP contribution in [-0.2, 0) is 6.61 Å². The molecule has 0 aliphatic carbocycles. The number of ether oxygens (including phenoxy) is 1. The molecule has 0 bridgehead atoms. The highest BCUT2D eigenvalue weighted by atomic mass is 35.5. The summed E-state index contributed by atoms with van der Waals surface area (Å²) >= 11 is 11.7. The molecule has 0 atom stereocenters. The van der Waals surface area contributed by atoms with Crippen LogP contribution in [0.4, 0.5) is 10.1 Å². The Morgan fingerprint density at radius 3 is 2.33 bits per heavy atom. The highest BCUT2D eigenvalue weighted by Crippen LogP contribution is 2.25. The Hall–Kier alpha value is -1.45. The molecular formula is C13H10Cl2FNO. The fraction of sp³-hybridized carbons (Fsp3) is 0.0769. The van der Waals surface area contributed by atoms with Crippen LogP contribution in [0.2, 0.25) is 10.0 Å². The van der Waals surface area contributed by atoms with E-state index in [0.717, 1.165) is 0 Å². The van der Waals surface area contributed by atoms with Crippen molar-refractivity contribution >= 4 is 28.9 Å². The fourth-order valence-corrected chi connectivity index (χ4v) is 1.96. The maximum Gasteiger partial charge on any atom is 0.131 e. The minimum absolute atomic E-state index is 0.0861. The molecule has 2 nitrogen and oxygen atoms in total. The molecule has 0 spiro atoms. The van der Waals surface area contributed by atoms with Crippen molar-refractivity contribution in [2.75, 3.05) is 5.73 Å². The predicted octanol–water partition coefficient (Wildman–Crippen LogP) is 4.29. The Labute approximate surface area is 114 Å². The van der Waals surface area contributed by atoms with E-state index in [-0.39, 0.29) is 6.61 Å². The van der Waals surface area contributed by atoms with Gasteiger partial charge in [-0.2, -0.15) is 0 Å². The first-order chi connectivity index (χ1) is 8.54. The highest BCUT2D eigenvalue weighted by molar-refractivity contribution is 6.34. The average Bonchev–Trinajstić information content (AvgIpc) is 2.26. The fourth-order valence-electron chi connectivity index (χ4n) is 1.45. The number of anilines is 1. The third-order valence-electron chi connectivity index (χ3n) is 2.31. The molecule has 0 aliphatic heterocycles. The van der Waals surface area contributed by atoms with Crippen molar-refractivity contribution in [3.63, 3.8) is 0 Å². The zero-order chi connectivity index (χ0) is 13.1. The van der Waals surface area contributed by atoms with Crippen LogP contribution in [0, 0.1) is 5.82 Å². The molecule has 0 aromatic heterocycles. The van der Waals surface area contributed by atoms with Gasteiger partial charge in [0.1, 0.15) is 18.2 Å². The summed E-state index contributed by atoms with van der Waals surface area (Å²) in [6.45, 7) is 0.0861. The first-order valence-electron chi connectivity index (χ1n) is 5.17. The van der Waals surface area contributed by atoms with Crippen molar-refractivity contribution in [3.05, 3.63) is 57.8 Å². The van der Waals surface area contributed by atoms with Gasteiger partial charge >= 0.3 is 0 Å². The molecule has 0 amide bonds. The Balaban J connectivity index is 2.11. The molecule has 2 aromatic carbocycles. The molecule has 0 heterocycles. The summed E-state index contributed by atoms with van der Waals surface area (Å²) in [5, 5.41) is 0.936. The molecule has 0 aliphatic rings. The Bertz CT molecular complexity index is 555. The van der Waals surface area contributed by atoms with Gasteiger partial charge in [-0.1, -0.05) is 29.3 Å². The lowest BCUT2D eigenvalue weighted by Crippen LogP contribution is -1.99. The van der Waals surface area contributed by atoms with E-state index in [4.69, 9.17) is 33.7 Å². The molecule has 0 saturated carbocycles. The van der Waals surface area contributed by atoms with Crippen LogP contribution in [0.25, 0.3) is 0 Å². The van der Waals surface area contributed by atoms with Crippen LogP contribution >= 0.6 is 23.2 Å². The Kier molecular flexibility index (Phi) is 3.94. The summed E-state index contributed by atoms with van der Waals surface area (Å²) in [7, 11) is 0. The number of hydrogen-bond donors (Lipinski definition) is 1. The summed E-state index contributed by atoms with van der Waals surface area (Å²) in [5.74, 6) is 0.0897. The maximum atomic E-state index is 13.5. The summed E-state index contributed by atoms with van der Waals surface area (Å²) < 4.78 is 18.9. The molecule has 0 unspecified atom stereocenters. The molecule has 0 radical (unpaired) electrons. The third-order valence-corrected chi connectivity index (χ3v) is 2.74. The number of nitrogens with two attached hydrogens (primary N) is 1. The summed E-state index contributed by atoms with van der Waals surface area (Å²) in [6.07, 6.45) is 0. The van der Waals surface area contributed by atoms with E-state index in [1.807, 2.05) is 0 Å². The van der Waals surface area contributed by atoms with Crippen LogP contribution in [-0.4, -0.2) is 0 Å². The molecule has 18 heavy (non-hydrogen) atoms. The number of rotatable bonds is 3. The Morgan fingerprint density at radius 2 is 1.72 bits per heavy atom. The van der Waals surface area contributed by atoms with Gasteiger partial charge in [0.2, 0.25) is 0 Å². The molecule has 2 aromatic rings. The molecular weight excluding hydrogens is 276 g/mol. The van der Waals surface area contributed by atoms with Gasteiger partial charge < -0.3 is 10.5 Å². The second-order valence-corrected chi connectivity index (χ2v) is 4.62. The molecule has 94 valence electrons. The van der Waals surface area contributed by atoms with Crippen LogP contribution in [0.1, 0.15) is 5.56 Å². The quantitative estimate of drug-likeness (QED) is 0.854. The maximum absolute atomic E-state index is 13.5. The van der Waals surface area contributed by atoms with E-state index in [1.54, 1.807) is 30.3 Å².